The number of hydrogen-bond donors (Lipinski definition) is 0. The first-order chi connectivity index (χ1) is 12.5. The van der Waals surface area contributed by atoms with Crippen molar-refractivity contribution in [2.24, 2.45) is 17.3 Å². The summed E-state index contributed by atoms with van der Waals surface area (Å²) in [4.78, 5) is 0. The lowest BCUT2D eigenvalue weighted by atomic mass is 9.57. The average Bonchev–Trinajstić information content (AvgIpc) is 3.02. The lowest BCUT2D eigenvalue weighted by Gasteiger charge is -2.55. The summed E-state index contributed by atoms with van der Waals surface area (Å²) >= 11 is 0. The number of ether oxygens (including phenoxy) is 5. The maximum atomic E-state index is 6.39. The van der Waals surface area contributed by atoms with E-state index >= 15 is 0 Å². The highest BCUT2D eigenvalue weighted by molar-refractivity contribution is 5.45. The molecule has 3 aliphatic rings. The van der Waals surface area contributed by atoms with Crippen LogP contribution in [0.15, 0.2) is 18.2 Å². The SMILES string of the molecule is COc1ccc2c(c1)OC(OC)(OC)[C@@H]1[C@@H]2CC[C@]2(C)[C@@H](OC)CC[C@@H]12. The van der Waals surface area contributed by atoms with Gasteiger partial charge in [0.25, 0.3) is 0 Å². The van der Waals surface area contributed by atoms with Gasteiger partial charge in [0.15, 0.2) is 0 Å². The van der Waals surface area contributed by atoms with Crippen LogP contribution in [0, 0.1) is 17.3 Å². The van der Waals surface area contributed by atoms with Crippen molar-refractivity contribution in [3.05, 3.63) is 23.8 Å². The lowest BCUT2D eigenvalue weighted by Crippen LogP contribution is -2.59. The molecule has 5 nitrogen and oxygen atoms in total. The van der Waals surface area contributed by atoms with Crippen LogP contribution in [0.25, 0.3) is 0 Å². The van der Waals surface area contributed by atoms with Crippen molar-refractivity contribution in [2.75, 3.05) is 28.4 Å². The number of benzene rings is 1. The number of rotatable bonds is 4. The van der Waals surface area contributed by atoms with Crippen LogP contribution in [0.5, 0.6) is 11.5 Å². The van der Waals surface area contributed by atoms with Crippen LogP contribution in [0.3, 0.4) is 0 Å². The fourth-order valence-electron chi connectivity index (χ4n) is 6.02. The lowest BCUT2D eigenvalue weighted by molar-refractivity contribution is -0.375. The Bertz CT molecular complexity index is 670. The highest BCUT2D eigenvalue weighted by atomic mass is 16.9. The summed E-state index contributed by atoms with van der Waals surface area (Å²) in [5, 5.41) is 0. The van der Waals surface area contributed by atoms with Gasteiger partial charge < -0.3 is 23.7 Å². The molecule has 26 heavy (non-hydrogen) atoms. The summed E-state index contributed by atoms with van der Waals surface area (Å²) < 4.78 is 29.5. The van der Waals surface area contributed by atoms with E-state index < -0.39 is 5.97 Å². The summed E-state index contributed by atoms with van der Waals surface area (Å²) in [5.41, 5.74) is 1.37. The van der Waals surface area contributed by atoms with E-state index in [0.717, 1.165) is 37.2 Å². The first-order valence-corrected chi connectivity index (χ1v) is 9.53. The monoisotopic (exact) mass is 362 g/mol. The third-order valence-corrected chi connectivity index (χ3v) is 7.32. The molecular formula is C21H30O5. The predicted molar refractivity (Wildman–Crippen MR) is 97.5 cm³/mol. The molecule has 0 aromatic heterocycles. The minimum absolute atomic E-state index is 0.131. The van der Waals surface area contributed by atoms with E-state index in [4.69, 9.17) is 23.7 Å². The first kappa shape index (κ1) is 18.1. The number of fused-ring (bicyclic) bond motifs is 5. The molecule has 1 aromatic carbocycles. The van der Waals surface area contributed by atoms with Gasteiger partial charge in [-0.05, 0) is 54.6 Å². The van der Waals surface area contributed by atoms with Gasteiger partial charge >= 0.3 is 5.97 Å². The molecular weight excluding hydrogens is 332 g/mol. The third kappa shape index (κ3) is 2.33. The summed E-state index contributed by atoms with van der Waals surface area (Å²) in [6.07, 6.45) is 4.71. The van der Waals surface area contributed by atoms with E-state index in [2.05, 4.69) is 13.0 Å². The number of methoxy groups -OCH3 is 4. The molecule has 1 heterocycles. The van der Waals surface area contributed by atoms with Crippen molar-refractivity contribution in [1.29, 1.82) is 0 Å². The molecule has 2 saturated carbocycles. The fraction of sp³-hybridized carbons (Fsp3) is 0.714. The molecule has 0 spiro atoms. The van der Waals surface area contributed by atoms with Gasteiger partial charge in [-0.3, -0.25) is 0 Å². The Balaban J connectivity index is 1.82. The summed E-state index contributed by atoms with van der Waals surface area (Å²) in [6.45, 7) is 2.37. The maximum Gasteiger partial charge on any atom is 0.330 e. The zero-order valence-electron chi connectivity index (χ0n) is 16.4. The Labute approximate surface area is 155 Å². The largest absolute Gasteiger partial charge is 0.497 e. The van der Waals surface area contributed by atoms with Crippen LogP contribution >= 0.6 is 0 Å². The van der Waals surface area contributed by atoms with E-state index in [0.29, 0.717) is 11.8 Å². The second kappa shape index (κ2) is 6.39. The predicted octanol–water partition coefficient (Wildman–Crippen LogP) is 3.96. The van der Waals surface area contributed by atoms with E-state index in [9.17, 15) is 0 Å². The average molecular weight is 362 g/mol. The van der Waals surface area contributed by atoms with Gasteiger partial charge in [-0.15, -0.1) is 0 Å². The minimum atomic E-state index is -1.07. The van der Waals surface area contributed by atoms with Crippen LogP contribution in [-0.4, -0.2) is 40.5 Å². The molecule has 1 aromatic rings. The Hall–Kier alpha value is -1.30. The summed E-state index contributed by atoms with van der Waals surface area (Å²) in [5.74, 6) is 1.43. The molecule has 2 fully saturated rings. The molecule has 1 aliphatic heterocycles. The quantitative estimate of drug-likeness (QED) is 0.759. The molecule has 0 saturated heterocycles. The summed E-state index contributed by atoms with van der Waals surface area (Å²) in [7, 11) is 6.87. The molecule has 0 N–H and O–H groups in total. The van der Waals surface area contributed by atoms with Crippen molar-refractivity contribution < 1.29 is 23.7 Å². The standard InChI is InChI=1S/C21H30O5/c1-20-11-10-15-14-7-6-13(22-2)12-17(14)26-21(24-4,25-5)19(15)16(20)8-9-18(20)23-3/h6-7,12,15-16,18-19H,8-11H2,1-5H3/t15-,16+,18+,19-,20+/m1/s1. The second-order valence-corrected chi connectivity index (χ2v) is 8.10. The van der Waals surface area contributed by atoms with Crippen molar-refractivity contribution in [1.82, 2.24) is 0 Å². The van der Waals surface area contributed by atoms with E-state index in [-0.39, 0.29) is 17.4 Å². The molecule has 2 aliphatic carbocycles. The van der Waals surface area contributed by atoms with Gasteiger partial charge in [0, 0.05) is 27.4 Å². The van der Waals surface area contributed by atoms with Crippen molar-refractivity contribution in [2.45, 2.75) is 50.6 Å². The third-order valence-electron chi connectivity index (χ3n) is 7.32. The van der Waals surface area contributed by atoms with Crippen LogP contribution in [0.1, 0.15) is 44.1 Å². The van der Waals surface area contributed by atoms with Crippen molar-refractivity contribution in [3.8, 4) is 11.5 Å². The Kier molecular flexibility index (Phi) is 4.45. The van der Waals surface area contributed by atoms with Gasteiger partial charge in [-0.2, -0.15) is 0 Å². The molecule has 0 unspecified atom stereocenters. The smallest absolute Gasteiger partial charge is 0.330 e. The Morgan fingerprint density at radius 1 is 1.04 bits per heavy atom. The maximum absolute atomic E-state index is 6.39. The van der Waals surface area contributed by atoms with E-state index in [1.165, 1.54) is 5.56 Å². The van der Waals surface area contributed by atoms with Gasteiger partial charge in [0.1, 0.15) is 11.5 Å². The number of hydrogen-bond acceptors (Lipinski definition) is 5. The van der Waals surface area contributed by atoms with E-state index in [1.54, 1.807) is 21.3 Å². The van der Waals surface area contributed by atoms with Gasteiger partial charge in [0.05, 0.1) is 19.1 Å². The van der Waals surface area contributed by atoms with Crippen LogP contribution in [0.2, 0.25) is 0 Å². The first-order valence-electron chi connectivity index (χ1n) is 9.53. The fourth-order valence-corrected chi connectivity index (χ4v) is 6.02. The van der Waals surface area contributed by atoms with Gasteiger partial charge in [0.2, 0.25) is 0 Å². The Morgan fingerprint density at radius 2 is 1.81 bits per heavy atom. The highest BCUT2D eigenvalue weighted by Gasteiger charge is 2.64. The molecule has 5 atom stereocenters. The molecule has 0 radical (unpaired) electrons. The summed E-state index contributed by atoms with van der Waals surface area (Å²) in [6, 6.07) is 6.11. The van der Waals surface area contributed by atoms with Crippen LogP contribution in [0.4, 0.5) is 0 Å². The Morgan fingerprint density at radius 3 is 2.46 bits per heavy atom. The zero-order chi connectivity index (χ0) is 18.5. The van der Waals surface area contributed by atoms with Crippen molar-refractivity contribution >= 4 is 0 Å². The van der Waals surface area contributed by atoms with Gasteiger partial charge in [-0.1, -0.05) is 13.0 Å². The van der Waals surface area contributed by atoms with Crippen LogP contribution in [-0.2, 0) is 14.2 Å². The highest BCUT2D eigenvalue weighted by Crippen LogP contribution is 2.64. The normalized spacial score (nSPS) is 37.3. The second-order valence-electron chi connectivity index (χ2n) is 8.10. The zero-order valence-corrected chi connectivity index (χ0v) is 16.4. The molecule has 5 heteroatoms. The molecule has 144 valence electrons. The van der Waals surface area contributed by atoms with Crippen molar-refractivity contribution in [3.63, 3.8) is 0 Å². The molecule has 0 amide bonds. The van der Waals surface area contributed by atoms with Gasteiger partial charge in [-0.25, -0.2) is 0 Å². The molecule has 0 bridgehead atoms. The minimum Gasteiger partial charge on any atom is -0.497 e. The van der Waals surface area contributed by atoms with E-state index in [1.807, 2.05) is 19.2 Å². The topological polar surface area (TPSA) is 46.2 Å². The molecule has 4 rings (SSSR count). The van der Waals surface area contributed by atoms with Crippen LogP contribution < -0.4 is 9.47 Å².